The van der Waals surface area contributed by atoms with Gasteiger partial charge in [-0.05, 0) is 59.5 Å². The van der Waals surface area contributed by atoms with E-state index in [4.69, 9.17) is 0 Å². The molecule has 4 aromatic rings. The zero-order valence-electron chi connectivity index (χ0n) is 23.8. The largest absolute Gasteiger partial charge is 0.210 e. The van der Waals surface area contributed by atoms with Gasteiger partial charge in [-0.2, -0.15) is 4.58 Å². The molecule has 0 saturated carbocycles. The minimum Gasteiger partial charge on any atom is -0.198 e. The fraction of sp³-hybridized carbons (Fsp3) is 0.270. The highest BCUT2D eigenvalue weighted by Gasteiger charge is 2.44. The van der Waals surface area contributed by atoms with Crippen LogP contribution in [0, 0.1) is 0 Å². The Bertz CT molecular complexity index is 1740. The molecule has 0 N–H and O–H groups in total. The fourth-order valence-electron chi connectivity index (χ4n) is 7.23. The summed E-state index contributed by atoms with van der Waals surface area (Å²) < 4.78 is 2.37. The van der Waals surface area contributed by atoms with Crippen LogP contribution in [-0.2, 0) is 10.8 Å². The van der Waals surface area contributed by atoms with Gasteiger partial charge in [-0.3, -0.25) is 0 Å². The van der Waals surface area contributed by atoms with E-state index in [1.807, 2.05) is 0 Å². The lowest BCUT2D eigenvalue weighted by Gasteiger charge is -2.24. The van der Waals surface area contributed by atoms with Crippen molar-refractivity contribution in [3.05, 3.63) is 125 Å². The first-order valence-corrected chi connectivity index (χ1v) is 13.8. The van der Waals surface area contributed by atoms with E-state index in [-0.39, 0.29) is 10.8 Å². The van der Waals surface area contributed by atoms with E-state index in [2.05, 4.69) is 150 Å². The van der Waals surface area contributed by atoms with Gasteiger partial charge in [-0.25, -0.2) is 0 Å². The topological polar surface area (TPSA) is 3.01 Å². The average Bonchev–Trinajstić information content (AvgIpc) is 3.23. The van der Waals surface area contributed by atoms with Crippen molar-refractivity contribution in [2.24, 2.45) is 0 Å². The first-order valence-electron chi connectivity index (χ1n) is 13.8. The lowest BCUT2D eigenvalue weighted by atomic mass is 9.79. The Morgan fingerprint density at radius 1 is 0.763 bits per heavy atom. The van der Waals surface area contributed by atoms with E-state index in [0.29, 0.717) is 5.92 Å². The van der Waals surface area contributed by atoms with Crippen molar-refractivity contribution in [1.82, 2.24) is 0 Å². The first-order chi connectivity index (χ1) is 18.1. The summed E-state index contributed by atoms with van der Waals surface area (Å²) in [7, 11) is 2.20. The molecule has 0 bridgehead atoms. The lowest BCUT2D eigenvalue weighted by Crippen LogP contribution is -2.26. The van der Waals surface area contributed by atoms with Crippen molar-refractivity contribution in [3.8, 4) is 0 Å². The molecular formula is C37H38N+. The van der Waals surface area contributed by atoms with E-state index in [0.717, 1.165) is 0 Å². The number of allylic oxidation sites excluding steroid dienone is 6. The molecule has 0 saturated heterocycles. The maximum Gasteiger partial charge on any atom is 0.210 e. The van der Waals surface area contributed by atoms with E-state index < -0.39 is 0 Å². The summed E-state index contributed by atoms with van der Waals surface area (Å²) in [6, 6.07) is 26.7. The number of benzene rings is 4. The summed E-state index contributed by atoms with van der Waals surface area (Å²) in [6.45, 7) is 14.1. The summed E-state index contributed by atoms with van der Waals surface area (Å²) in [6.07, 6.45) is 9.30. The minimum absolute atomic E-state index is 0.00121. The molecule has 190 valence electrons. The highest BCUT2D eigenvalue weighted by molar-refractivity contribution is 6.07. The Labute approximate surface area is 227 Å². The molecule has 1 aliphatic carbocycles. The second-order valence-corrected chi connectivity index (χ2v) is 12.2. The van der Waals surface area contributed by atoms with Crippen LogP contribution >= 0.6 is 0 Å². The van der Waals surface area contributed by atoms with E-state index in [9.17, 15) is 0 Å². The van der Waals surface area contributed by atoms with Gasteiger partial charge >= 0.3 is 0 Å². The monoisotopic (exact) mass is 496 g/mol. The molecule has 0 spiro atoms. The SMILES string of the molecule is CC(/C=C/C1=[N+](C)c2ccc3ccccc3c2C1(C)C)=C\C=C1/C(C)c2ccc3ccccc3c2C1(C)C. The van der Waals surface area contributed by atoms with Crippen LogP contribution in [0.25, 0.3) is 21.5 Å². The van der Waals surface area contributed by atoms with Gasteiger partial charge in [0.25, 0.3) is 0 Å². The van der Waals surface area contributed by atoms with Crippen LogP contribution in [-0.4, -0.2) is 17.3 Å². The molecule has 4 aromatic carbocycles. The second kappa shape index (κ2) is 8.67. The van der Waals surface area contributed by atoms with Crippen LogP contribution in [0.1, 0.15) is 64.2 Å². The molecular weight excluding hydrogens is 458 g/mol. The fourth-order valence-corrected chi connectivity index (χ4v) is 7.23. The van der Waals surface area contributed by atoms with Crippen LogP contribution in [0.3, 0.4) is 0 Å². The predicted molar refractivity (Wildman–Crippen MR) is 164 cm³/mol. The molecule has 0 amide bonds. The third kappa shape index (κ3) is 3.56. The van der Waals surface area contributed by atoms with Crippen molar-refractivity contribution >= 4 is 32.9 Å². The third-order valence-corrected chi connectivity index (χ3v) is 9.17. The van der Waals surface area contributed by atoms with Crippen LogP contribution in [0.4, 0.5) is 5.69 Å². The van der Waals surface area contributed by atoms with Crippen LogP contribution in [0.15, 0.2) is 108 Å². The Kier molecular flexibility index (Phi) is 5.61. The molecule has 6 rings (SSSR count). The molecule has 0 fully saturated rings. The van der Waals surface area contributed by atoms with E-state index >= 15 is 0 Å². The first kappa shape index (κ1) is 24.6. The maximum absolute atomic E-state index is 2.39. The van der Waals surface area contributed by atoms with E-state index in [1.165, 1.54) is 60.8 Å². The zero-order valence-corrected chi connectivity index (χ0v) is 23.8. The lowest BCUT2D eigenvalue weighted by molar-refractivity contribution is -0.401. The van der Waals surface area contributed by atoms with Gasteiger partial charge in [-0.1, -0.05) is 111 Å². The molecule has 1 heterocycles. The predicted octanol–water partition coefficient (Wildman–Crippen LogP) is 9.52. The average molecular weight is 497 g/mol. The second-order valence-electron chi connectivity index (χ2n) is 12.2. The van der Waals surface area contributed by atoms with Crippen molar-refractivity contribution in [2.45, 2.75) is 58.3 Å². The number of nitrogens with zero attached hydrogens (tertiary/aromatic N) is 1. The molecule has 1 aliphatic heterocycles. The Morgan fingerprint density at radius 2 is 1.37 bits per heavy atom. The van der Waals surface area contributed by atoms with Gasteiger partial charge in [0.1, 0.15) is 7.05 Å². The molecule has 2 aliphatic rings. The number of hydrogen-bond acceptors (Lipinski definition) is 0. The zero-order chi connectivity index (χ0) is 26.8. The van der Waals surface area contributed by atoms with Crippen molar-refractivity contribution in [2.75, 3.05) is 7.05 Å². The summed E-state index contributed by atoms with van der Waals surface area (Å²) in [5, 5.41) is 5.38. The Balaban J connectivity index is 1.34. The van der Waals surface area contributed by atoms with Crippen LogP contribution in [0.2, 0.25) is 0 Å². The third-order valence-electron chi connectivity index (χ3n) is 9.17. The van der Waals surface area contributed by atoms with Gasteiger partial charge in [0, 0.05) is 29.0 Å². The standard InChI is InChI=1S/C37H38N/c1-24(16-21-31-25(2)28-20-18-26-12-8-10-14-29(26)34(28)36(31,3)4)17-23-33-37(5,6)35-30-15-11-9-13-27(30)19-22-32(35)38(33)7/h8-23,25H,1-7H3/q+1/b23-17+,24-16+,31-21+. The molecule has 1 heteroatoms. The maximum atomic E-state index is 2.39. The summed E-state index contributed by atoms with van der Waals surface area (Å²) >= 11 is 0. The van der Waals surface area contributed by atoms with Crippen LogP contribution < -0.4 is 0 Å². The molecule has 1 unspecified atom stereocenters. The van der Waals surface area contributed by atoms with Gasteiger partial charge in [0.15, 0.2) is 5.71 Å². The minimum atomic E-state index is -0.0646. The highest BCUT2D eigenvalue weighted by atomic mass is 15.0. The molecule has 1 nitrogen and oxygen atoms in total. The summed E-state index contributed by atoms with van der Waals surface area (Å²) in [4.78, 5) is 0. The van der Waals surface area contributed by atoms with Gasteiger partial charge in [0.05, 0.1) is 5.41 Å². The normalized spacial score (nSPS) is 21.2. The molecule has 1 atom stereocenters. The Hall–Kier alpha value is -3.71. The molecule has 38 heavy (non-hydrogen) atoms. The highest BCUT2D eigenvalue weighted by Crippen LogP contribution is 2.52. The van der Waals surface area contributed by atoms with Crippen molar-refractivity contribution in [1.29, 1.82) is 0 Å². The molecule has 0 radical (unpaired) electrons. The quantitative estimate of drug-likeness (QED) is 0.196. The summed E-state index contributed by atoms with van der Waals surface area (Å²) in [5.74, 6) is 0.412. The smallest absolute Gasteiger partial charge is 0.198 e. The van der Waals surface area contributed by atoms with Crippen LogP contribution in [0.5, 0.6) is 0 Å². The van der Waals surface area contributed by atoms with E-state index in [1.54, 1.807) is 0 Å². The molecule has 0 aromatic heterocycles. The van der Waals surface area contributed by atoms with Gasteiger partial charge in [-0.15, -0.1) is 0 Å². The van der Waals surface area contributed by atoms with Gasteiger partial charge in [0.2, 0.25) is 5.69 Å². The number of fused-ring (bicyclic) bond motifs is 6. The van der Waals surface area contributed by atoms with Gasteiger partial charge < -0.3 is 0 Å². The summed E-state index contributed by atoms with van der Waals surface area (Å²) in [5.41, 5.74) is 9.71. The number of rotatable bonds is 3. The van der Waals surface area contributed by atoms with Crippen molar-refractivity contribution < 1.29 is 4.58 Å². The number of hydrogen-bond donors (Lipinski definition) is 0. The Morgan fingerprint density at radius 3 is 2.05 bits per heavy atom. The van der Waals surface area contributed by atoms with Crippen molar-refractivity contribution in [3.63, 3.8) is 0 Å².